The molecule has 0 spiro atoms. The number of rotatable bonds is 8. The third-order valence-electron chi connectivity index (χ3n) is 5.35. The van der Waals surface area contributed by atoms with Gasteiger partial charge in [0.2, 0.25) is 0 Å². The summed E-state index contributed by atoms with van der Waals surface area (Å²) in [6.45, 7) is 8.07. The second kappa shape index (κ2) is 12.7. The van der Waals surface area contributed by atoms with E-state index in [0.717, 1.165) is 27.5 Å². The first-order chi connectivity index (χ1) is 18.1. The number of nitrogens with zero attached hydrogens (tertiary/aromatic N) is 3. The van der Waals surface area contributed by atoms with E-state index in [0.29, 0.717) is 12.4 Å². The van der Waals surface area contributed by atoms with Crippen LogP contribution in [0.3, 0.4) is 0 Å². The molecule has 3 aromatic rings. The number of ether oxygens (including phenoxy) is 2. The number of nitrogens with one attached hydrogen (secondary N) is 3. The average molecular weight is 523 g/mol. The van der Waals surface area contributed by atoms with Crippen LogP contribution in [0.4, 0.5) is 20.2 Å². The quantitative estimate of drug-likeness (QED) is 0.396. The molecule has 0 radical (unpaired) electrons. The molecular formula is C27H34N6O5. The molecule has 0 unspecified atom stereocenters. The van der Waals surface area contributed by atoms with Gasteiger partial charge in [0.25, 0.3) is 0 Å². The standard InChI is InChI=1S/C27H34N6O5/c1-6-29-24(34)32-23-15-21-20(18-9-11-28-12-10-18)8-7-19(22(21)17-30-23)16-31-25(35)37-14-13-33(5)26(36)38-27(2,3)4/h7-12,15,17H,6,13-14,16H2,1-5H3,(H,31,35)(H2,29,30,32,34). The zero-order valence-electron chi connectivity index (χ0n) is 22.3. The molecule has 3 rings (SSSR count). The summed E-state index contributed by atoms with van der Waals surface area (Å²) in [7, 11) is 1.58. The largest absolute Gasteiger partial charge is 0.448 e. The van der Waals surface area contributed by atoms with Crippen LogP contribution in [0.5, 0.6) is 0 Å². The Bertz CT molecular complexity index is 1280. The minimum Gasteiger partial charge on any atom is -0.448 e. The maximum atomic E-state index is 12.3. The van der Waals surface area contributed by atoms with Crippen molar-refractivity contribution in [1.29, 1.82) is 0 Å². The highest BCUT2D eigenvalue weighted by Gasteiger charge is 2.19. The smallest absolute Gasteiger partial charge is 0.410 e. The lowest BCUT2D eigenvalue weighted by Crippen LogP contribution is -2.37. The highest BCUT2D eigenvalue weighted by atomic mass is 16.6. The predicted octanol–water partition coefficient (Wildman–Crippen LogP) is 4.53. The number of hydrogen-bond donors (Lipinski definition) is 3. The number of alkyl carbamates (subject to hydrolysis) is 1. The second-order valence-corrected chi connectivity index (χ2v) is 9.50. The predicted molar refractivity (Wildman–Crippen MR) is 145 cm³/mol. The topological polar surface area (TPSA) is 135 Å². The Labute approximate surface area is 221 Å². The summed E-state index contributed by atoms with van der Waals surface area (Å²) in [5.41, 5.74) is 2.10. The van der Waals surface area contributed by atoms with Crippen molar-refractivity contribution in [3.05, 3.63) is 54.5 Å². The number of likely N-dealkylation sites (N-methyl/N-ethyl adjacent to an activating group) is 1. The van der Waals surface area contributed by atoms with Crippen molar-refractivity contribution < 1.29 is 23.9 Å². The molecule has 202 valence electrons. The molecule has 0 atom stereocenters. The van der Waals surface area contributed by atoms with E-state index in [1.165, 1.54) is 4.90 Å². The molecule has 3 N–H and O–H groups in total. The van der Waals surface area contributed by atoms with Crippen LogP contribution < -0.4 is 16.0 Å². The monoisotopic (exact) mass is 522 g/mol. The number of urea groups is 1. The van der Waals surface area contributed by atoms with E-state index in [1.54, 1.807) is 52.5 Å². The van der Waals surface area contributed by atoms with Crippen LogP contribution in [0.2, 0.25) is 0 Å². The zero-order chi connectivity index (χ0) is 27.7. The zero-order valence-corrected chi connectivity index (χ0v) is 22.3. The Morgan fingerprint density at radius 1 is 1.03 bits per heavy atom. The molecule has 2 heterocycles. The fraction of sp³-hybridized carbons (Fsp3) is 0.370. The molecule has 0 fully saturated rings. The fourth-order valence-corrected chi connectivity index (χ4v) is 3.55. The highest BCUT2D eigenvalue weighted by molar-refractivity contribution is 6.00. The first kappa shape index (κ1) is 28.2. The van der Waals surface area contributed by atoms with Gasteiger partial charge in [0.15, 0.2) is 0 Å². The SMILES string of the molecule is CCNC(=O)Nc1cc2c(-c3ccncc3)ccc(CNC(=O)OCCN(C)C(=O)OC(C)(C)C)c2cn1. The number of carbonyl (C=O) groups excluding carboxylic acids is 3. The van der Waals surface area contributed by atoms with E-state index < -0.39 is 17.8 Å². The highest BCUT2D eigenvalue weighted by Crippen LogP contribution is 2.31. The molecule has 38 heavy (non-hydrogen) atoms. The van der Waals surface area contributed by atoms with E-state index in [9.17, 15) is 14.4 Å². The van der Waals surface area contributed by atoms with E-state index in [1.807, 2.05) is 31.2 Å². The minimum absolute atomic E-state index is 0.0136. The van der Waals surface area contributed by atoms with Crippen molar-refractivity contribution in [2.75, 3.05) is 32.1 Å². The Morgan fingerprint density at radius 2 is 1.76 bits per heavy atom. The number of amides is 4. The van der Waals surface area contributed by atoms with Gasteiger partial charge < -0.3 is 25.0 Å². The van der Waals surface area contributed by atoms with Crippen LogP contribution in [-0.4, -0.2) is 65.4 Å². The van der Waals surface area contributed by atoms with Gasteiger partial charge in [-0.15, -0.1) is 0 Å². The Kier molecular flexibility index (Phi) is 9.42. The molecule has 0 saturated heterocycles. The molecule has 11 nitrogen and oxygen atoms in total. The van der Waals surface area contributed by atoms with E-state index in [2.05, 4.69) is 25.9 Å². The summed E-state index contributed by atoms with van der Waals surface area (Å²) in [6.07, 6.45) is 3.98. The van der Waals surface area contributed by atoms with Crippen molar-refractivity contribution in [3.63, 3.8) is 0 Å². The van der Waals surface area contributed by atoms with E-state index in [4.69, 9.17) is 9.47 Å². The van der Waals surface area contributed by atoms with Gasteiger partial charge in [-0.25, -0.2) is 19.4 Å². The molecule has 0 aliphatic heterocycles. The van der Waals surface area contributed by atoms with Gasteiger partial charge >= 0.3 is 18.2 Å². The maximum absolute atomic E-state index is 12.3. The lowest BCUT2D eigenvalue weighted by Gasteiger charge is -2.24. The molecule has 0 aliphatic rings. The van der Waals surface area contributed by atoms with Crippen molar-refractivity contribution in [2.45, 2.75) is 39.8 Å². The van der Waals surface area contributed by atoms with Crippen LogP contribution in [0.25, 0.3) is 21.9 Å². The summed E-state index contributed by atoms with van der Waals surface area (Å²) >= 11 is 0. The second-order valence-electron chi connectivity index (χ2n) is 9.50. The normalized spacial score (nSPS) is 11.0. The molecule has 2 aromatic heterocycles. The first-order valence-corrected chi connectivity index (χ1v) is 12.3. The lowest BCUT2D eigenvalue weighted by atomic mass is 9.96. The Morgan fingerprint density at radius 3 is 2.45 bits per heavy atom. The van der Waals surface area contributed by atoms with Crippen LogP contribution in [-0.2, 0) is 16.0 Å². The molecule has 4 amide bonds. The molecule has 0 saturated carbocycles. The maximum Gasteiger partial charge on any atom is 0.410 e. The van der Waals surface area contributed by atoms with Gasteiger partial charge in [0, 0.05) is 44.1 Å². The van der Waals surface area contributed by atoms with Gasteiger partial charge in [-0.05, 0) is 68.0 Å². The van der Waals surface area contributed by atoms with Crippen LogP contribution >= 0.6 is 0 Å². The van der Waals surface area contributed by atoms with Gasteiger partial charge in [-0.2, -0.15) is 0 Å². The molecule has 0 bridgehead atoms. The van der Waals surface area contributed by atoms with Gasteiger partial charge in [-0.3, -0.25) is 10.3 Å². The van der Waals surface area contributed by atoms with Crippen molar-refractivity contribution in [2.24, 2.45) is 0 Å². The molecule has 0 aliphatic carbocycles. The number of hydrogen-bond acceptors (Lipinski definition) is 7. The fourth-order valence-electron chi connectivity index (χ4n) is 3.55. The molecule has 1 aromatic carbocycles. The van der Waals surface area contributed by atoms with Crippen LogP contribution in [0.1, 0.15) is 33.3 Å². The van der Waals surface area contributed by atoms with Gasteiger partial charge in [0.1, 0.15) is 18.0 Å². The number of pyridine rings is 2. The van der Waals surface area contributed by atoms with Crippen LogP contribution in [0, 0.1) is 0 Å². The first-order valence-electron chi connectivity index (χ1n) is 12.3. The minimum atomic E-state index is -0.614. The van der Waals surface area contributed by atoms with Crippen LogP contribution in [0.15, 0.2) is 48.9 Å². The van der Waals surface area contributed by atoms with Crippen molar-refractivity contribution in [3.8, 4) is 11.1 Å². The third kappa shape index (κ3) is 8.05. The summed E-state index contributed by atoms with van der Waals surface area (Å²) < 4.78 is 10.5. The number of carbonyl (C=O) groups is 3. The number of aromatic nitrogens is 2. The summed E-state index contributed by atoms with van der Waals surface area (Å²) in [6, 6.07) is 9.11. The molecule has 11 heteroatoms. The third-order valence-corrected chi connectivity index (χ3v) is 5.35. The Hall–Kier alpha value is -4.41. The van der Waals surface area contributed by atoms with E-state index >= 15 is 0 Å². The van der Waals surface area contributed by atoms with Gasteiger partial charge in [-0.1, -0.05) is 12.1 Å². The van der Waals surface area contributed by atoms with Crippen molar-refractivity contribution in [1.82, 2.24) is 25.5 Å². The number of anilines is 1. The summed E-state index contributed by atoms with van der Waals surface area (Å²) in [5.74, 6) is 0.400. The molecular weight excluding hydrogens is 488 g/mol. The lowest BCUT2D eigenvalue weighted by molar-refractivity contribution is 0.0261. The average Bonchev–Trinajstić information content (AvgIpc) is 2.86. The van der Waals surface area contributed by atoms with Gasteiger partial charge in [0.05, 0.1) is 6.54 Å². The summed E-state index contributed by atoms with van der Waals surface area (Å²) in [5, 5.41) is 9.82. The van der Waals surface area contributed by atoms with E-state index in [-0.39, 0.29) is 25.7 Å². The van der Waals surface area contributed by atoms with Crippen molar-refractivity contribution >= 4 is 34.8 Å². The summed E-state index contributed by atoms with van der Waals surface area (Å²) in [4.78, 5) is 46.2. The number of benzene rings is 1. The Balaban J connectivity index is 1.70. The number of fused-ring (bicyclic) bond motifs is 1.